The second-order valence-corrected chi connectivity index (χ2v) is 5.98. The minimum absolute atomic E-state index is 0.145. The van der Waals surface area contributed by atoms with Gasteiger partial charge in [-0.15, -0.1) is 11.3 Å². The Balaban J connectivity index is 1.76. The molecule has 1 aliphatic rings. The molecule has 3 rings (SSSR count). The number of ether oxygens (including phenoxy) is 1. The van der Waals surface area contributed by atoms with Gasteiger partial charge in [0, 0.05) is 16.6 Å². The third-order valence-corrected chi connectivity index (χ3v) is 4.37. The molecule has 1 aliphatic carbocycles. The van der Waals surface area contributed by atoms with Crippen molar-refractivity contribution in [3.05, 3.63) is 46.4 Å². The topological polar surface area (TPSA) is 21.3 Å². The molecule has 1 unspecified atom stereocenters. The van der Waals surface area contributed by atoms with E-state index in [2.05, 4.69) is 10.1 Å². The molecule has 112 valence electrons. The molecule has 1 atom stereocenters. The minimum Gasteiger partial charge on any atom is -0.432 e. The summed E-state index contributed by atoms with van der Waals surface area (Å²) >= 11 is 1.65. The molecule has 2 nitrogen and oxygen atoms in total. The van der Waals surface area contributed by atoms with Crippen LogP contribution in [0.15, 0.2) is 35.7 Å². The normalized spacial score (nSPS) is 16.0. The molecule has 0 saturated heterocycles. The Morgan fingerprint density at radius 2 is 2.05 bits per heavy atom. The molecular formula is C15H14F3NOS. The number of halogens is 3. The maximum atomic E-state index is 13.7. The van der Waals surface area contributed by atoms with E-state index in [1.54, 1.807) is 17.4 Å². The largest absolute Gasteiger partial charge is 0.432 e. The number of thiophene rings is 1. The predicted octanol–water partition coefficient (Wildman–Crippen LogP) is 5.05. The first-order chi connectivity index (χ1) is 10.1. The molecule has 0 bridgehead atoms. The van der Waals surface area contributed by atoms with Gasteiger partial charge in [0.1, 0.15) is 0 Å². The molecule has 1 N–H and O–H groups in total. The van der Waals surface area contributed by atoms with Crippen LogP contribution in [0.3, 0.4) is 0 Å². The van der Waals surface area contributed by atoms with Crippen LogP contribution in [0, 0.1) is 11.7 Å². The summed E-state index contributed by atoms with van der Waals surface area (Å²) in [5.74, 6) is -0.681. The maximum absolute atomic E-state index is 13.7. The Morgan fingerprint density at radius 3 is 2.62 bits per heavy atom. The molecule has 1 aromatic carbocycles. The van der Waals surface area contributed by atoms with Crippen LogP contribution in [0.1, 0.15) is 23.8 Å². The standard InChI is InChI=1S/C15H14F3NOS/c16-11-8-10(5-6-12(11)20-15(17)18)19-14(9-3-4-9)13-2-1-7-21-13/h1-2,5-9,14-15,19H,3-4H2. The van der Waals surface area contributed by atoms with Crippen molar-refractivity contribution in [1.82, 2.24) is 0 Å². The maximum Gasteiger partial charge on any atom is 0.387 e. The second-order valence-electron chi connectivity index (χ2n) is 5.00. The van der Waals surface area contributed by atoms with Gasteiger partial charge in [-0.05, 0) is 42.3 Å². The monoisotopic (exact) mass is 313 g/mol. The zero-order valence-corrected chi connectivity index (χ0v) is 11.9. The van der Waals surface area contributed by atoms with Gasteiger partial charge in [0.25, 0.3) is 0 Å². The van der Waals surface area contributed by atoms with Crippen molar-refractivity contribution in [2.24, 2.45) is 5.92 Å². The van der Waals surface area contributed by atoms with Crippen molar-refractivity contribution in [1.29, 1.82) is 0 Å². The van der Waals surface area contributed by atoms with E-state index in [4.69, 9.17) is 0 Å². The van der Waals surface area contributed by atoms with Crippen molar-refractivity contribution < 1.29 is 17.9 Å². The molecule has 0 amide bonds. The summed E-state index contributed by atoms with van der Waals surface area (Å²) < 4.78 is 42.0. The Kier molecular flexibility index (Phi) is 4.05. The highest BCUT2D eigenvalue weighted by Crippen LogP contribution is 2.44. The van der Waals surface area contributed by atoms with E-state index in [0.717, 1.165) is 12.8 Å². The Bertz CT molecular complexity index is 599. The van der Waals surface area contributed by atoms with E-state index in [-0.39, 0.29) is 6.04 Å². The lowest BCUT2D eigenvalue weighted by molar-refractivity contribution is -0.0521. The number of hydrogen-bond donors (Lipinski definition) is 1. The quantitative estimate of drug-likeness (QED) is 0.805. The highest BCUT2D eigenvalue weighted by atomic mass is 32.1. The number of benzene rings is 1. The summed E-state index contributed by atoms with van der Waals surface area (Å²) in [4.78, 5) is 1.20. The highest BCUT2D eigenvalue weighted by molar-refractivity contribution is 7.10. The van der Waals surface area contributed by atoms with E-state index in [1.165, 1.54) is 17.0 Å². The van der Waals surface area contributed by atoms with Gasteiger partial charge in [-0.1, -0.05) is 6.07 Å². The number of hydrogen-bond acceptors (Lipinski definition) is 3. The SMILES string of the molecule is Fc1cc(NC(c2cccs2)C2CC2)ccc1OC(F)F. The van der Waals surface area contributed by atoms with Crippen LogP contribution < -0.4 is 10.1 Å². The minimum atomic E-state index is -3.02. The van der Waals surface area contributed by atoms with Gasteiger partial charge in [0.15, 0.2) is 11.6 Å². The van der Waals surface area contributed by atoms with Crippen LogP contribution in [-0.2, 0) is 0 Å². The Morgan fingerprint density at radius 1 is 1.24 bits per heavy atom. The highest BCUT2D eigenvalue weighted by Gasteiger charge is 2.33. The van der Waals surface area contributed by atoms with Crippen molar-refractivity contribution in [2.45, 2.75) is 25.5 Å². The summed E-state index contributed by atoms with van der Waals surface area (Å²) in [5, 5.41) is 5.30. The lowest BCUT2D eigenvalue weighted by atomic mass is 10.1. The fourth-order valence-electron chi connectivity index (χ4n) is 2.28. The van der Waals surface area contributed by atoms with Gasteiger partial charge in [0.05, 0.1) is 6.04 Å². The molecular weight excluding hydrogens is 299 g/mol. The zero-order chi connectivity index (χ0) is 14.8. The summed E-state index contributed by atoms with van der Waals surface area (Å²) in [6.45, 7) is -3.02. The lowest BCUT2D eigenvalue weighted by Crippen LogP contribution is -2.12. The number of anilines is 1. The average Bonchev–Trinajstić information content (AvgIpc) is 3.13. The molecule has 1 heterocycles. The van der Waals surface area contributed by atoms with Gasteiger partial charge < -0.3 is 10.1 Å². The molecule has 21 heavy (non-hydrogen) atoms. The summed E-state index contributed by atoms with van der Waals surface area (Å²) in [5.41, 5.74) is 0.569. The fourth-order valence-corrected chi connectivity index (χ4v) is 3.15. The Labute approximate surface area is 124 Å². The second kappa shape index (κ2) is 5.97. The van der Waals surface area contributed by atoms with Crippen molar-refractivity contribution in [3.63, 3.8) is 0 Å². The van der Waals surface area contributed by atoms with Gasteiger partial charge in [-0.25, -0.2) is 4.39 Å². The molecule has 0 radical (unpaired) electrons. The lowest BCUT2D eigenvalue weighted by Gasteiger charge is -2.18. The van der Waals surface area contributed by atoms with Crippen molar-refractivity contribution in [2.75, 3.05) is 5.32 Å². The van der Waals surface area contributed by atoms with Crippen LogP contribution in [0.25, 0.3) is 0 Å². The zero-order valence-electron chi connectivity index (χ0n) is 11.1. The van der Waals surface area contributed by atoms with Crippen LogP contribution >= 0.6 is 11.3 Å². The summed E-state index contributed by atoms with van der Waals surface area (Å²) in [7, 11) is 0. The van der Waals surface area contributed by atoms with Gasteiger partial charge in [0.2, 0.25) is 0 Å². The first-order valence-electron chi connectivity index (χ1n) is 6.68. The average molecular weight is 313 g/mol. The van der Waals surface area contributed by atoms with Crippen molar-refractivity contribution >= 4 is 17.0 Å². The van der Waals surface area contributed by atoms with Crippen LogP contribution in [0.2, 0.25) is 0 Å². The molecule has 6 heteroatoms. The summed E-state index contributed by atoms with van der Waals surface area (Å²) in [6.07, 6.45) is 2.29. The van der Waals surface area contributed by atoms with Crippen LogP contribution in [0.5, 0.6) is 5.75 Å². The van der Waals surface area contributed by atoms with Gasteiger partial charge >= 0.3 is 6.61 Å². The number of alkyl halides is 2. The Hall–Kier alpha value is -1.69. The van der Waals surface area contributed by atoms with E-state index >= 15 is 0 Å². The molecule has 0 aliphatic heterocycles. The third kappa shape index (κ3) is 3.50. The predicted molar refractivity (Wildman–Crippen MR) is 76.4 cm³/mol. The van der Waals surface area contributed by atoms with E-state index < -0.39 is 18.2 Å². The van der Waals surface area contributed by atoms with Crippen molar-refractivity contribution in [3.8, 4) is 5.75 Å². The third-order valence-electron chi connectivity index (χ3n) is 3.41. The first-order valence-corrected chi connectivity index (χ1v) is 7.56. The molecule has 1 fully saturated rings. The van der Waals surface area contributed by atoms with Gasteiger partial charge in [-0.3, -0.25) is 0 Å². The van der Waals surface area contributed by atoms with E-state index in [0.29, 0.717) is 11.6 Å². The molecule has 0 spiro atoms. The van der Waals surface area contributed by atoms with Crippen LogP contribution in [0.4, 0.5) is 18.9 Å². The molecule has 1 saturated carbocycles. The number of rotatable bonds is 6. The smallest absolute Gasteiger partial charge is 0.387 e. The van der Waals surface area contributed by atoms with E-state index in [1.807, 2.05) is 17.5 Å². The summed E-state index contributed by atoms with van der Waals surface area (Å²) in [6, 6.07) is 8.15. The van der Waals surface area contributed by atoms with Gasteiger partial charge in [-0.2, -0.15) is 8.78 Å². The van der Waals surface area contributed by atoms with Crippen LogP contribution in [-0.4, -0.2) is 6.61 Å². The molecule has 1 aromatic heterocycles. The van der Waals surface area contributed by atoms with E-state index in [9.17, 15) is 13.2 Å². The first kappa shape index (κ1) is 14.3. The molecule has 2 aromatic rings. The fraction of sp³-hybridized carbons (Fsp3) is 0.333. The number of nitrogens with one attached hydrogen (secondary N) is 1.